The van der Waals surface area contributed by atoms with Crippen LogP contribution in [0.1, 0.15) is 37.8 Å². The lowest BCUT2D eigenvalue weighted by molar-refractivity contribution is 0.426. The standard InChI is InChI=1S/C15H19Cl2N/c1-2-18-15(14-10-4-3-5-11(10)14)12-7-6-9(16)8-13(12)17/h6-8,10-11,14-15,18H,2-5H2,1H3. The molecule has 1 aromatic carbocycles. The molecule has 1 aromatic rings. The third-order valence-electron chi connectivity index (χ3n) is 4.58. The zero-order chi connectivity index (χ0) is 12.7. The molecular weight excluding hydrogens is 265 g/mol. The molecule has 2 aliphatic rings. The van der Waals surface area contributed by atoms with E-state index in [4.69, 9.17) is 23.2 Å². The van der Waals surface area contributed by atoms with Gasteiger partial charge in [-0.15, -0.1) is 0 Å². The second kappa shape index (κ2) is 5.03. The van der Waals surface area contributed by atoms with Gasteiger partial charge < -0.3 is 5.32 Å². The van der Waals surface area contributed by atoms with Crippen LogP contribution in [0.15, 0.2) is 18.2 Å². The summed E-state index contributed by atoms with van der Waals surface area (Å²) in [5.41, 5.74) is 1.22. The van der Waals surface area contributed by atoms with Gasteiger partial charge in [0.05, 0.1) is 0 Å². The van der Waals surface area contributed by atoms with E-state index >= 15 is 0 Å². The summed E-state index contributed by atoms with van der Waals surface area (Å²) in [4.78, 5) is 0. The highest BCUT2D eigenvalue weighted by Crippen LogP contribution is 2.62. The maximum Gasteiger partial charge on any atom is 0.0468 e. The highest BCUT2D eigenvalue weighted by molar-refractivity contribution is 6.35. The summed E-state index contributed by atoms with van der Waals surface area (Å²) < 4.78 is 0. The van der Waals surface area contributed by atoms with Crippen molar-refractivity contribution in [2.24, 2.45) is 17.8 Å². The fraction of sp³-hybridized carbons (Fsp3) is 0.600. The van der Waals surface area contributed by atoms with Crippen LogP contribution < -0.4 is 5.32 Å². The summed E-state index contributed by atoms with van der Waals surface area (Å²) in [5.74, 6) is 2.65. The first-order chi connectivity index (χ1) is 8.72. The van der Waals surface area contributed by atoms with E-state index in [9.17, 15) is 0 Å². The highest BCUT2D eigenvalue weighted by atomic mass is 35.5. The first-order valence-corrected chi connectivity index (χ1v) is 7.66. The Bertz CT molecular complexity index is 436. The van der Waals surface area contributed by atoms with Crippen molar-refractivity contribution >= 4 is 23.2 Å². The summed E-state index contributed by atoms with van der Waals surface area (Å²) in [6, 6.07) is 6.31. The molecular formula is C15H19Cl2N. The van der Waals surface area contributed by atoms with E-state index in [-0.39, 0.29) is 0 Å². The smallest absolute Gasteiger partial charge is 0.0468 e. The molecule has 0 aromatic heterocycles. The van der Waals surface area contributed by atoms with Gasteiger partial charge in [-0.05, 0) is 54.8 Å². The Morgan fingerprint density at radius 2 is 2.00 bits per heavy atom. The Labute approximate surface area is 119 Å². The number of fused-ring (bicyclic) bond motifs is 1. The van der Waals surface area contributed by atoms with E-state index in [1.165, 1.54) is 24.8 Å². The Hall–Kier alpha value is -0.240. The highest BCUT2D eigenvalue weighted by Gasteiger charge is 2.56. The second-order valence-corrected chi connectivity index (χ2v) is 6.38. The number of hydrogen-bond acceptors (Lipinski definition) is 1. The van der Waals surface area contributed by atoms with Crippen LogP contribution in [0.4, 0.5) is 0 Å². The van der Waals surface area contributed by atoms with Crippen LogP contribution in [0.5, 0.6) is 0 Å². The van der Waals surface area contributed by atoms with E-state index in [1.54, 1.807) is 0 Å². The van der Waals surface area contributed by atoms with Gasteiger partial charge in [-0.1, -0.05) is 42.6 Å². The minimum Gasteiger partial charge on any atom is -0.310 e. The van der Waals surface area contributed by atoms with Crippen molar-refractivity contribution in [1.82, 2.24) is 5.32 Å². The molecule has 2 aliphatic carbocycles. The van der Waals surface area contributed by atoms with Gasteiger partial charge in [-0.3, -0.25) is 0 Å². The van der Waals surface area contributed by atoms with Gasteiger partial charge in [0.15, 0.2) is 0 Å². The van der Waals surface area contributed by atoms with Crippen LogP contribution in [-0.4, -0.2) is 6.54 Å². The van der Waals surface area contributed by atoms with E-state index in [0.29, 0.717) is 6.04 Å². The van der Waals surface area contributed by atoms with Gasteiger partial charge in [0.2, 0.25) is 0 Å². The van der Waals surface area contributed by atoms with Crippen LogP contribution in [0, 0.1) is 17.8 Å². The largest absolute Gasteiger partial charge is 0.310 e. The normalized spacial score (nSPS) is 31.2. The van der Waals surface area contributed by atoms with Gasteiger partial charge in [0.1, 0.15) is 0 Å². The molecule has 2 fully saturated rings. The Kier molecular flexibility index (Phi) is 3.57. The Morgan fingerprint density at radius 3 is 2.61 bits per heavy atom. The molecule has 0 spiro atoms. The van der Waals surface area contributed by atoms with Gasteiger partial charge in [0.25, 0.3) is 0 Å². The molecule has 0 amide bonds. The molecule has 18 heavy (non-hydrogen) atoms. The summed E-state index contributed by atoms with van der Waals surface area (Å²) in [5, 5.41) is 5.14. The van der Waals surface area contributed by atoms with E-state index in [2.05, 4.69) is 18.3 Å². The zero-order valence-corrected chi connectivity index (χ0v) is 12.1. The average Bonchev–Trinajstić information content (AvgIpc) is 2.80. The van der Waals surface area contributed by atoms with E-state index < -0.39 is 0 Å². The van der Waals surface area contributed by atoms with Crippen LogP contribution in [-0.2, 0) is 0 Å². The number of hydrogen-bond donors (Lipinski definition) is 1. The van der Waals surface area contributed by atoms with Crippen molar-refractivity contribution in [3.63, 3.8) is 0 Å². The van der Waals surface area contributed by atoms with Crippen molar-refractivity contribution in [2.45, 2.75) is 32.2 Å². The molecule has 3 rings (SSSR count). The van der Waals surface area contributed by atoms with Crippen molar-refractivity contribution in [3.05, 3.63) is 33.8 Å². The topological polar surface area (TPSA) is 12.0 Å². The predicted molar refractivity (Wildman–Crippen MR) is 77.2 cm³/mol. The minimum absolute atomic E-state index is 0.412. The SMILES string of the molecule is CCNC(c1ccc(Cl)cc1Cl)C1C2CCCC21. The predicted octanol–water partition coefficient (Wildman–Crippen LogP) is 4.69. The molecule has 3 unspecified atom stereocenters. The van der Waals surface area contributed by atoms with Crippen LogP contribution in [0.3, 0.4) is 0 Å². The first kappa shape index (κ1) is 12.8. The number of benzene rings is 1. The molecule has 0 aliphatic heterocycles. The lowest BCUT2D eigenvalue weighted by Crippen LogP contribution is -2.24. The van der Waals surface area contributed by atoms with Gasteiger partial charge in [-0.2, -0.15) is 0 Å². The van der Waals surface area contributed by atoms with Crippen LogP contribution in [0.2, 0.25) is 10.0 Å². The molecule has 3 atom stereocenters. The lowest BCUT2D eigenvalue weighted by Gasteiger charge is -2.21. The molecule has 0 radical (unpaired) electrons. The Morgan fingerprint density at radius 1 is 1.28 bits per heavy atom. The van der Waals surface area contributed by atoms with Gasteiger partial charge in [-0.25, -0.2) is 0 Å². The van der Waals surface area contributed by atoms with E-state index in [1.807, 2.05) is 12.1 Å². The van der Waals surface area contributed by atoms with Crippen molar-refractivity contribution in [2.75, 3.05) is 6.54 Å². The number of halogens is 2. The monoisotopic (exact) mass is 283 g/mol. The van der Waals surface area contributed by atoms with Gasteiger partial charge >= 0.3 is 0 Å². The fourth-order valence-electron chi connectivity index (χ4n) is 3.80. The summed E-state index contributed by atoms with van der Waals surface area (Å²) in [6.07, 6.45) is 4.23. The molecule has 0 heterocycles. The fourth-order valence-corrected chi connectivity index (χ4v) is 4.32. The quantitative estimate of drug-likeness (QED) is 0.845. The number of rotatable bonds is 4. The van der Waals surface area contributed by atoms with Crippen LogP contribution in [0.25, 0.3) is 0 Å². The van der Waals surface area contributed by atoms with Crippen molar-refractivity contribution < 1.29 is 0 Å². The maximum atomic E-state index is 6.36. The molecule has 1 N–H and O–H groups in total. The third kappa shape index (κ3) is 2.17. The van der Waals surface area contributed by atoms with E-state index in [0.717, 1.165) is 34.3 Å². The summed E-state index contributed by atoms with van der Waals surface area (Å²) in [6.45, 7) is 3.15. The zero-order valence-electron chi connectivity index (χ0n) is 10.6. The van der Waals surface area contributed by atoms with Gasteiger partial charge in [0, 0.05) is 16.1 Å². The molecule has 0 saturated heterocycles. The first-order valence-electron chi connectivity index (χ1n) is 6.90. The Balaban J connectivity index is 1.85. The molecule has 3 heteroatoms. The van der Waals surface area contributed by atoms with Crippen LogP contribution >= 0.6 is 23.2 Å². The average molecular weight is 284 g/mol. The molecule has 0 bridgehead atoms. The summed E-state index contributed by atoms with van der Waals surface area (Å²) in [7, 11) is 0. The molecule has 98 valence electrons. The summed E-state index contributed by atoms with van der Waals surface area (Å²) >= 11 is 12.3. The minimum atomic E-state index is 0.412. The molecule has 2 saturated carbocycles. The molecule has 1 nitrogen and oxygen atoms in total. The number of nitrogens with one attached hydrogen (secondary N) is 1. The maximum absolute atomic E-state index is 6.36. The van der Waals surface area contributed by atoms with Crippen molar-refractivity contribution in [1.29, 1.82) is 0 Å². The second-order valence-electron chi connectivity index (χ2n) is 5.54. The lowest BCUT2D eigenvalue weighted by atomic mass is 9.97. The third-order valence-corrected chi connectivity index (χ3v) is 5.14. The van der Waals surface area contributed by atoms with Crippen molar-refractivity contribution in [3.8, 4) is 0 Å².